The zero-order valence-electron chi connectivity index (χ0n) is 11.3. The van der Waals surface area contributed by atoms with Crippen LogP contribution in [0.3, 0.4) is 0 Å². The second-order valence-corrected chi connectivity index (χ2v) is 5.28. The molecule has 0 aliphatic carbocycles. The first-order valence-electron chi connectivity index (χ1n) is 6.65. The average molecular weight is 228 g/mol. The molecule has 0 aromatic heterocycles. The number of likely N-dealkylation sites (N-methyl/N-ethyl adjacent to an activating group) is 2. The number of hydrogen-bond acceptors (Lipinski definition) is 3. The lowest BCUT2D eigenvalue weighted by Crippen LogP contribution is -2.51. The molecule has 1 aliphatic heterocycles. The standard InChI is InChI=1S/C13H28N2O/c1-5-11(6-2)13(16)9-12-10-14(3)7-8-15(12)4/h11-13,16H,5-10H2,1-4H3. The van der Waals surface area contributed by atoms with Crippen molar-refractivity contribution in [1.82, 2.24) is 9.80 Å². The molecule has 1 rings (SSSR count). The second kappa shape index (κ2) is 6.58. The SMILES string of the molecule is CCC(CC)C(O)CC1CN(C)CCN1C. The van der Waals surface area contributed by atoms with Gasteiger partial charge in [0, 0.05) is 25.7 Å². The maximum absolute atomic E-state index is 10.2. The molecule has 96 valence electrons. The highest BCUT2D eigenvalue weighted by Gasteiger charge is 2.26. The molecule has 1 heterocycles. The Hall–Kier alpha value is -0.120. The van der Waals surface area contributed by atoms with Gasteiger partial charge in [0.25, 0.3) is 0 Å². The summed E-state index contributed by atoms with van der Waals surface area (Å²) in [5, 5.41) is 10.2. The van der Waals surface area contributed by atoms with Crippen LogP contribution in [0.4, 0.5) is 0 Å². The zero-order valence-corrected chi connectivity index (χ0v) is 11.3. The molecular weight excluding hydrogens is 200 g/mol. The van der Waals surface area contributed by atoms with E-state index in [4.69, 9.17) is 0 Å². The third kappa shape index (κ3) is 3.72. The first kappa shape index (κ1) is 13.9. The van der Waals surface area contributed by atoms with E-state index in [2.05, 4.69) is 37.7 Å². The highest BCUT2D eigenvalue weighted by Crippen LogP contribution is 2.20. The number of piperazine rings is 1. The molecule has 0 spiro atoms. The van der Waals surface area contributed by atoms with E-state index in [0.717, 1.165) is 38.9 Å². The Bertz CT molecular complexity index is 194. The number of nitrogens with zero attached hydrogens (tertiary/aromatic N) is 2. The molecule has 2 unspecified atom stereocenters. The highest BCUT2D eigenvalue weighted by molar-refractivity contribution is 4.82. The summed E-state index contributed by atoms with van der Waals surface area (Å²) < 4.78 is 0. The van der Waals surface area contributed by atoms with Crippen LogP contribution in [0, 0.1) is 5.92 Å². The van der Waals surface area contributed by atoms with Crippen molar-refractivity contribution in [1.29, 1.82) is 0 Å². The van der Waals surface area contributed by atoms with Crippen LogP contribution in [0.5, 0.6) is 0 Å². The minimum atomic E-state index is -0.131. The van der Waals surface area contributed by atoms with Gasteiger partial charge in [0.15, 0.2) is 0 Å². The molecule has 0 aromatic rings. The van der Waals surface area contributed by atoms with E-state index < -0.39 is 0 Å². The topological polar surface area (TPSA) is 26.7 Å². The molecular formula is C13H28N2O. The van der Waals surface area contributed by atoms with Gasteiger partial charge in [-0.25, -0.2) is 0 Å². The van der Waals surface area contributed by atoms with Crippen molar-refractivity contribution in [3.63, 3.8) is 0 Å². The Kier molecular flexibility index (Phi) is 5.73. The van der Waals surface area contributed by atoms with Crippen LogP contribution < -0.4 is 0 Å². The van der Waals surface area contributed by atoms with E-state index in [0.29, 0.717) is 12.0 Å². The Morgan fingerprint density at radius 2 is 1.81 bits per heavy atom. The van der Waals surface area contributed by atoms with Crippen LogP contribution in [-0.2, 0) is 0 Å². The molecule has 0 bridgehead atoms. The molecule has 1 N–H and O–H groups in total. The molecule has 0 saturated carbocycles. The minimum absolute atomic E-state index is 0.131. The van der Waals surface area contributed by atoms with Gasteiger partial charge in [0.05, 0.1) is 6.10 Å². The van der Waals surface area contributed by atoms with Crippen LogP contribution >= 0.6 is 0 Å². The van der Waals surface area contributed by atoms with Crippen molar-refractivity contribution in [2.24, 2.45) is 5.92 Å². The monoisotopic (exact) mass is 228 g/mol. The van der Waals surface area contributed by atoms with Gasteiger partial charge in [-0.1, -0.05) is 26.7 Å². The van der Waals surface area contributed by atoms with E-state index in [1.165, 1.54) is 0 Å². The molecule has 1 saturated heterocycles. The summed E-state index contributed by atoms with van der Waals surface area (Å²) in [5.74, 6) is 0.473. The van der Waals surface area contributed by atoms with Crippen LogP contribution in [0.2, 0.25) is 0 Å². The molecule has 3 nitrogen and oxygen atoms in total. The summed E-state index contributed by atoms with van der Waals surface area (Å²) in [6.45, 7) is 7.71. The molecule has 0 amide bonds. The summed E-state index contributed by atoms with van der Waals surface area (Å²) >= 11 is 0. The number of rotatable bonds is 5. The van der Waals surface area contributed by atoms with Gasteiger partial charge in [-0.15, -0.1) is 0 Å². The van der Waals surface area contributed by atoms with Gasteiger partial charge < -0.3 is 14.9 Å². The van der Waals surface area contributed by atoms with Gasteiger partial charge in [0.2, 0.25) is 0 Å². The van der Waals surface area contributed by atoms with E-state index in [1.807, 2.05) is 0 Å². The summed E-state index contributed by atoms with van der Waals surface area (Å²) in [6.07, 6.45) is 2.97. The first-order chi connectivity index (χ1) is 7.58. The summed E-state index contributed by atoms with van der Waals surface area (Å²) in [4.78, 5) is 4.76. The smallest absolute Gasteiger partial charge is 0.0583 e. The van der Waals surface area contributed by atoms with E-state index in [9.17, 15) is 5.11 Å². The van der Waals surface area contributed by atoms with Crippen molar-refractivity contribution >= 4 is 0 Å². The normalized spacial score (nSPS) is 26.2. The Morgan fingerprint density at radius 1 is 1.19 bits per heavy atom. The second-order valence-electron chi connectivity index (χ2n) is 5.28. The van der Waals surface area contributed by atoms with E-state index in [1.54, 1.807) is 0 Å². The molecule has 0 aromatic carbocycles. The predicted molar refractivity (Wildman–Crippen MR) is 68.6 cm³/mol. The predicted octanol–water partition coefficient (Wildman–Crippen LogP) is 1.42. The largest absolute Gasteiger partial charge is 0.393 e. The van der Waals surface area contributed by atoms with Crippen LogP contribution in [0.15, 0.2) is 0 Å². The van der Waals surface area contributed by atoms with Gasteiger partial charge in [-0.3, -0.25) is 0 Å². The lowest BCUT2D eigenvalue weighted by molar-refractivity contribution is 0.0346. The van der Waals surface area contributed by atoms with Crippen molar-refractivity contribution < 1.29 is 5.11 Å². The summed E-state index contributed by atoms with van der Waals surface area (Å²) in [6, 6.07) is 0.523. The lowest BCUT2D eigenvalue weighted by Gasteiger charge is -2.39. The van der Waals surface area contributed by atoms with Crippen molar-refractivity contribution in [2.75, 3.05) is 33.7 Å². The quantitative estimate of drug-likeness (QED) is 0.771. The van der Waals surface area contributed by atoms with Crippen LogP contribution in [0.1, 0.15) is 33.1 Å². The lowest BCUT2D eigenvalue weighted by atomic mass is 9.91. The Labute approximate surface area is 100 Å². The van der Waals surface area contributed by atoms with Crippen molar-refractivity contribution in [3.05, 3.63) is 0 Å². The zero-order chi connectivity index (χ0) is 12.1. The van der Waals surface area contributed by atoms with Crippen LogP contribution in [-0.4, -0.2) is 60.8 Å². The maximum Gasteiger partial charge on any atom is 0.0583 e. The molecule has 3 heteroatoms. The maximum atomic E-state index is 10.2. The molecule has 1 aliphatic rings. The Morgan fingerprint density at radius 3 is 2.38 bits per heavy atom. The number of hydrogen-bond donors (Lipinski definition) is 1. The summed E-state index contributed by atoms with van der Waals surface area (Å²) in [5.41, 5.74) is 0. The van der Waals surface area contributed by atoms with Gasteiger partial charge in [0.1, 0.15) is 0 Å². The highest BCUT2D eigenvalue weighted by atomic mass is 16.3. The fourth-order valence-electron chi connectivity index (χ4n) is 2.66. The fraction of sp³-hybridized carbons (Fsp3) is 1.00. The van der Waals surface area contributed by atoms with Gasteiger partial charge in [-0.2, -0.15) is 0 Å². The van der Waals surface area contributed by atoms with E-state index >= 15 is 0 Å². The number of aliphatic hydroxyl groups is 1. The molecule has 16 heavy (non-hydrogen) atoms. The number of aliphatic hydroxyl groups excluding tert-OH is 1. The third-order valence-electron chi connectivity index (χ3n) is 4.09. The van der Waals surface area contributed by atoms with Gasteiger partial charge in [-0.05, 0) is 26.4 Å². The molecule has 0 radical (unpaired) electrons. The van der Waals surface area contributed by atoms with Gasteiger partial charge >= 0.3 is 0 Å². The molecule has 2 atom stereocenters. The fourth-order valence-corrected chi connectivity index (χ4v) is 2.66. The van der Waals surface area contributed by atoms with Crippen LogP contribution in [0.25, 0.3) is 0 Å². The van der Waals surface area contributed by atoms with Crippen molar-refractivity contribution in [3.8, 4) is 0 Å². The third-order valence-corrected chi connectivity index (χ3v) is 4.09. The Balaban J connectivity index is 2.44. The molecule has 1 fully saturated rings. The van der Waals surface area contributed by atoms with Crippen molar-refractivity contribution in [2.45, 2.75) is 45.3 Å². The average Bonchev–Trinajstić information content (AvgIpc) is 2.25. The first-order valence-corrected chi connectivity index (χ1v) is 6.65. The summed E-state index contributed by atoms with van der Waals surface area (Å²) in [7, 11) is 4.35. The van der Waals surface area contributed by atoms with E-state index in [-0.39, 0.29) is 6.10 Å². The minimum Gasteiger partial charge on any atom is -0.393 e.